The van der Waals surface area contributed by atoms with E-state index in [9.17, 15) is 14.4 Å². The summed E-state index contributed by atoms with van der Waals surface area (Å²) >= 11 is 0. The molecular weight excluding hydrogens is 306 g/mol. The van der Waals surface area contributed by atoms with Crippen molar-refractivity contribution < 1.29 is 14.4 Å². The molecule has 1 aliphatic rings. The van der Waals surface area contributed by atoms with Crippen molar-refractivity contribution in [1.82, 2.24) is 9.80 Å². The minimum atomic E-state index is -0.0724. The quantitative estimate of drug-likeness (QED) is 0.765. The van der Waals surface area contributed by atoms with Gasteiger partial charge in [0, 0.05) is 51.8 Å². The normalized spacial score (nSPS) is 14.5. The maximum absolute atomic E-state index is 12.4. The van der Waals surface area contributed by atoms with Gasteiger partial charge < -0.3 is 14.7 Å². The summed E-state index contributed by atoms with van der Waals surface area (Å²) in [4.78, 5) is 40.1. The Balaban J connectivity index is 1.96. The molecule has 1 fully saturated rings. The van der Waals surface area contributed by atoms with Crippen molar-refractivity contribution in [1.29, 1.82) is 0 Å². The van der Waals surface area contributed by atoms with Crippen LogP contribution in [0.2, 0.25) is 0 Å². The molecule has 1 aromatic carbocycles. The average Bonchev–Trinajstić information content (AvgIpc) is 2.57. The first-order valence-corrected chi connectivity index (χ1v) is 8.25. The maximum Gasteiger partial charge on any atom is 0.224 e. The molecule has 1 heterocycles. The Hall–Kier alpha value is -2.37. The van der Waals surface area contributed by atoms with E-state index in [1.165, 1.54) is 12.5 Å². The van der Waals surface area contributed by atoms with Gasteiger partial charge in [0.05, 0.1) is 0 Å². The summed E-state index contributed by atoms with van der Waals surface area (Å²) in [7, 11) is 0. The smallest absolute Gasteiger partial charge is 0.224 e. The Morgan fingerprint density at radius 1 is 1.12 bits per heavy atom. The number of benzene rings is 1. The van der Waals surface area contributed by atoms with Crippen molar-refractivity contribution in [3.63, 3.8) is 0 Å². The van der Waals surface area contributed by atoms with E-state index in [4.69, 9.17) is 0 Å². The number of nitrogens with zero attached hydrogens (tertiary/aromatic N) is 3. The third-order valence-corrected chi connectivity index (χ3v) is 4.55. The molecule has 2 rings (SSSR count). The number of aryl methyl sites for hydroxylation is 2. The van der Waals surface area contributed by atoms with Gasteiger partial charge in [-0.2, -0.15) is 0 Å². The molecule has 1 saturated heterocycles. The molecule has 1 aromatic rings. The fourth-order valence-electron chi connectivity index (χ4n) is 2.80. The van der Waals surface area contributed by atoms with E-state index in [-0.39, 0.29) is 18.2 Å². The first-order valence-electron chi connectivity index (χ1n) is 8.25. The molecule has 6 nitrogen and oxygen atoms in total. The highest BCUT2D eigenvalue weighted by Gasteiger charge is 2.21. The van der Waals surface area contributed by atoms with Gasteiger partial charge in [0.15, 0.2) is 0 Å². The number of carbonyl (C=O) groups excluding carboxylic acids is 3. The van der Waals surface area contributed by atoms with E-state index in [1.54, 1.807) is 14.7 Å². The van der Waals surface area contributed by atoms with Crippen LogP contribution in [0.5, 0.6) is 0 Å². The summed E-state index contributed by atoms with van der Waals surface area (Å²) in [6, 6.07) is 5.88. The van der Waals surface area contributed by atoms with Crippen LogP contribution in [-0.4, -0.2) is 60.7 Å². The average molecular weight is 331 g/mol. The van der Waals surface area contributed by atoms with E-state index >= 15 is 0 Å². The van der Waals surface area contributed by atoms with E-state index in [0.29, 0.717) is 32.7 Å². The van der Waals surface area contributed by atoms with Crippen molar-refractivity contribution in [3.05, 3.63) is 29.3 Å². The van der Waals surface area contributed by atoms with Gasteiger partial charge in [-0.3, -0.25) is 14.4 Å². The molecule has 0 aliphatic carbocycles. The fraction of sp³-hybridized carbons (Fsp3) is 0.500. The van der Waals surface area contributed by atoms with Crippen LogP contribution < -0.4 is 4.90 Å². The van der Waals surface area contributed by atoms with E-state index < -0.39 is 0 Å². The molecule has 0 radical (unpaired) electrons. The minimum Gasteiger partial charge on any atom is -0.342 e. The van der Waals surface area contributed by atoms with Crippen LogP contribution in [0.15, 0.2) is 18.2 Å². The Kier molecular flexibility index (Phi) is 5.95. The highest BCUT2D eigenvalue weighted by atomic mass is 16.2. The zero-order valence-electron chi connectivity index (χ0n) is 14.6. The van der Waals surface area contributed by atoms with Gasteiger partial charge in [-0.1, -0.05) is 6.07 Å². The number of hydrogen-bond acceptors (Lipinski definition) is 3. The van der Waals surface area contributed by atoms with Gasteiger partial charge in [0.25, 0.3) is 0 Å². The number of anilines is 1. The van der Waals surface area contributed by atoms with Crippen molar-refractivity contribution in [2.75, 3.05) is 37.6 Å². The first kappa shape index (κ1) is 18.0. The van der Waals surface area contributed by atoms with Gasteiger partial charge in [0.2, 0.25) is 18.2 Å². The highest BCUT2D eigenvalue weighted by molar-refractivity contribution is 5.92. The Morgan fingerprint density at radius 2 is 1.79 bits per heavy atom. The maximum atomic E-state index is 12.4. The monoisotopic (exact) mass is 331 g/mol. The molecule has 0 unspecified atom stereocenters. The first-order chi connectivity index (χ1) is 11.4. The van der Waals surface area contributed by atoms with Gasteiger partial charge in [-0.15, -0.1) is 0 Å². The minimum absolute atomic E-state index is 0.0237. The fourth-order valence-corrected chi connectivity index (χ4v) is 2.80. The molecule has 0 aromatic heterocycles. The lowest BCUT2D eigenvalue weighted by atomic mass is 10.1. The van der Waals surface area contributed by atoms with Gasteiger partial charge in [0.1, 0.15) is 0 Å². The second kappa shape index (κ2) is 7.95. The molecular formula is C18H25N3O3. The van der Waals surface area contributed by atoms with Crippen LogP contribution in [0.1, 0.15) is 24.5 Å². The lowest BCUT2D eigenvalue weighted by molar-refractivity contribution is -0.135. The molecule has 0 bridgehead atoms. The summed E-state index contributed by atoms with van der Waals surface area (Å²) in [6.45, 7) is 8.18. The second-order valence-electron chi connectivity index (χ2n) is 6.21. The van der Waals surface area contributed by atoms with Crippen molar-refractivity contribution in [2.45, 2.75) is 27.2 Å². The van der Waals surface area contributed by atoms with Crippen LogP contribution in [0.4, 0.5) is 5.69 Å². The molecule has 1 aliphatic heterocycles. The van der Waals surface area contributed by atoms with E-state index in [0.717, 1.165) is 17.7 Å². The molecule has 6 heteroatoms. The molecule has 0 saturated carbocycles. The van der Waals surface area contributed by atoms with Crippen LogP contribution in [-0.2, 0) is 14.4 Å². The molecule has 3 amide bonds. The molecule has 0 atom stereocenters. The van der Waals surface area contributed by atoms with Crippen molar-refractivity contribution in [3.8, 4) is 0 Å². The Labute approximate surface area is 143 Å². The zero-order valence-corrected chi connectivity index (χ0v) is 14.6. The third-order valence-electron chi connectivity index (χ3n) is 4.55. The van der Waals surface area contributed by atoms with E-state index in [2.05, 4.69) is 0 Å². The van der Waals surface area contributed by atoms with Crippen molar-refractivity contribution in [2.24, 2.45) is 0 Å². The Bertz CT molecular complexity index is 622. The van der Waals surface area contributed by atoms with Crippen LogP contribution in [0, 0.1) is 13.8 Å². The van der Waals surface area contributed by atoms with Crippen LogP contribution in [0.25, 0.3) is 0 Å². The number of carbonyl (C=O) groups is 3. The van der Waals surface area contributed by atoms with Crippen LogP contribution >= 0.6 is 0 Å². The summed E-state index contributed by atoms with van der Waals surface area (Å²) in [5.74, 6) is -0.0486. The predicted octanol–water partition coefficient (Wildman–Crippen LogP) is 1.35. The summed E-state index contributed by atoms with van der Waals surface area (Å²) in [6.07, 6.45) is 1.10. The Morgan fingerprint density at radius 3 is 2.33 bits per heavy atom. The molecule has 130 valence electrons. The van der Waals surface area contributed by atoms with Crippen LogP contribution in [0.3, 0.4) is 0 Å². The van der Waals surface area contributed by atoms with Gasteiger partial charge in [-0.05, 0) is 37.1 Å². The molecule has 0 N–H and O–H groups in total. The highest BCUT2D eigenvalue weighted by Crippen LogP contribution is 2.19. The topological polar surface area (TPSA) is 60.9 Å². The van der Waals surface area contributed by atoms with Gasteiger partial charge in [-0.25, -0.2) is 0 Å². The largest absolute Gasteiger partial charge is 0.342 e. The lowest BCUT2D eigenvalue weighted by Gasteiger charge is -2.33. The molecule has 24 heavy (non-hydrogen) atoms. The third kappa shape index (κ3) is 4.34. The number of rotatable bonds is 5. The number of amides is 3. The SMILES string of the molecule is CC(=O)N(CCC(=O)N1CCN(C=O)CC1)c1ccc(C)c(C)c1. The molecule has 0 spiro atoms. The summed E-state index contributed by atoms with van der Waals surface area (Å²) in [5.41, 5.74) is 3.12. The number of piperazine rings is 1. The van der Waals surface area contributed by atoms with Gasteiger partial charge >= 0.3 is 0 Å². The summed E-state index contributed by atoms with van der Waals surface area (Å²) < 4.78 is 0. The predicted molar refractivity (Wildman–Crippen MR) is 92.8 cm³/mol. The van der Waals surface area contributed by atoms with E-state index in [1.807, 2.05) is 32.0 Å². The lowest BCUT2D eigenvalue weighted by Crippen LogP contribution is -2.48. The number of hydrogen-bond donors (Lipinski definition) is 0. The van der Waals surface area contributed by atoms with Crippen molar-refractivity contribution >= 4 is 23.9 Å². The summed E-state index contributed by atoms with van der Waals surface area (Å²) in [5, 5.41) is 0. The zero-order chi connectivity index (χ0) is 17.7. The second-order valence-corrected chi connectivity index (χ2v) is 6.21. The standard InChI is InChI=1S/C18H25N3O3/c1-14-4-5-17(12-15(14)2)21(16(3)23)7-6-18(24)20-10-8-19(13-22)9-11-20/h4-5,12-13H,6-11H2,1-3H3.